The summed E-state index contributed by atoms with van der Waals surface area (Å²) >= 11 is 0. The normalized spacial score (nSPS) is 23.2. The Labute approximate surface area is 127 Å². The monoisotopic (exact) mass is 293 g/mol. The van der Waals surface area contributed by atoms with Crippen molar-refractivity contribution in [2.75, 3.05) is 20.3 Å². The first-order chi connectivity index (χ1) is 10.2. The van der Waals surface area contributed by atoms with Gasteiger partial charge in [0.25, 0.3) is 0 Å². The van der Waals surface area contributed by atoms with E-state index in [0.29, 0.717) is 25.3 Å². The number of rotatable bonds is 8. The Balaban J connectivity index is 1.64. The number of methoxy groups -OCH3 is 1. The molecular weight excluding hydrogens is 266 g/mol. The predicted molar refractivity (Wildman–Crippen MR) is 83.8 cm³/mol. The standard InChI is InChI=1S/C17H27NO3/c1-3-13-4-7-16(8-5-13)21-12-15(19)11-18-14-6-9-17(10-14)20-2/h4-5,7-8,14-15,17-19H,3,6,9-12H2,1-2H3. The summed E-state index contributed by atoms with van der Waals surface area (Å²) in [7, 11) is 1.76. The average molecular weight is 293 g/mol. The Bertz CT molecular complexity index is 407. The van der Waals surface area contributed by atoms with Gasteiger partial charge in [0.05, 0.1) is 6.10 Å². The van der Waals surface area contributed by atoms with E-state index in [0.717, 1.165) is 31.4 Å². The lowest BCUT2D eigenvalue weighted by molar-refractivity contribution is 0.0966. The van der Waals surface area contributed by atoms with Gasteiger partial charge in [-0.3, -0.25) is 0 Å². The molecule has 0 radical (unpaired) electrons. The van der Waals surface area contributed by atoms with Gasteiger partial charge in [-0.15, -0.1) is 0 Å². The molecule has 3 unspecified atom stereocenters. The van der Waals surface area contributed by atoms with Crippen molar-refractivity contribution in [1.29, 1.82) is 0 Å². The summed E-state index contributed by atoms with van der Waals surface area (Å²) in [6.45, 7) is 3.01. The number of aryl methyl sites for hydroxylation is 1. The molecule has 1 saturated carbocycles. The van der Waals surface area contributed by atoms with E-state index in [-0.39, 0.29) is 0 Å². The molecule has 21 heavy (non-hydrogen) atoms. The van der Waals surface area contributed by atoms with E-state index in [1.165, 1.54) is 5.56 Å². The van der Waals surface area contributed by atoms with Crippen molar-refractivity contribution in [3.63, 3.8) is 0 Å². The molecule has 1 fully saturated rings. The minimum absolute atomic E-state index is 0.318. The number of hydrogen-bond acceptors (Lipinski definition) is 4. The van der Waals surface area contributed by atoms with Gasteiger partial charge in [0, 0.05) is 19.7 Å². The van der Waals surface area contributed by atoms with E-state index >= 15 is 0 Å². The van der Waals surface area contributed by atoms with Crippen molar-refractivity contribution >= 4 is 0 Å². The lowest BCUT2D eigenvalue weighted by Crippen LogP contribution is -2.37. The smallest absolute Gasteiger partial charge is 0.119 e. The minimum atomic E-state index is -0.488. The highest BCUT2D eigenvalue weighted by molar-refractivity contribution is 5.27. The summed E-state index contributed by atoms with van der Waals surface area (Å²) in [5.41, 5.74) is 1.29. The Kier molecular flexibility index (Phi) is 6.49. The molecule has 0 heterocycles. The van der Waals surface area contributed by atoms with Crippen LogP contribution in [-0.2, 0) is 11.2 Å². The molecule has 1 aliphatic rings. The van der Waals surface area contributed by atoms with Crippen LogP contribution in [0.2, 0.25) is 0 Å². The number of nitrogens with one attached hydrogen (secondary N) is 1. The highest BCUT2D eigenvalue weighted by atomic mass is 16.5. The molecule has 0 amide bonds. The van der Waals surface area contributed by atoms with E-state index in [1.54, 1.807) is 7.11 Å². The molecule has 0 spiro atoms. The first-order valence-electron chi connectivity index (χ1n) is 7.87. The van der Waals surface area contributed by atoms with Crippen LogP contribution < -0.4 is 10.1 Å². The van der Waals surface area contributed by atoms with Crippen LogP contribution in [-0.4, -0.2) is 43.6 Å². The Morgan fingerprint density at radius 2 is 2.05 bits per heavy atom. The van der Waals surface area contributed by atoms with Crippen molar-refractivity contribution in [2.45, 2.75) is 50.9 Å². The fourth-order valence-electron chi connectivity index (χ4n) is 2.72. The summed E-state index contributed by atoms with van der Waals surface area (Å²) < 4.78 is 11.0. The van der Waals surface area contributed by atoms with E-state index in [9.17, 15) is 5.11 Å². The third-order valence-corrected chi connectivity index (χ3v) is 4.13. The van der Waals surface area contributed by atoms with Crippen LogP contribution >= 0.6 is 0 Å². The number of hydrogen-bond donors (Lipinski definition) is 2. The summed E-state index contributed by atoms with van der Waals surface area (Å²) in [5.74, 6) is 0.812. The summed E-state index contributed by atoms with van der Waals surface area (Å²) in [5, 5.41) is 13.4. The van der Waals surface area contributed by atoms with Crippen molar-refractivity contribution in [2.24, 2.45) is 0 Å². The Hall–Kier alpha value is -1.10. The van der Waals surface area contributed by atoms with E-state index in [4.69, 9.17) is 9.47 Å². The molecule has 2 N–H and O–H groups in total. The highest BCUT2D eigenvalue weighted by Crippen LogP contribution is 2.21. The predicted octanol–water partition coefficient (Wildman–Crippen LogP) is 2.15. The SMILES string of the molecule is CCc1ccc(OCC(O)CNC2CCC(OC)C2)cc1. The molecule has 1 aromatic carbocycles. The average Bonchev–Trinajstić information content (AvgIpc) is 2.99. The Morgan fingerprint density at radius 3 is 2.67 bits per heavy atom. The van der Waals surface area contributed by atoms with Gasteiger partial charge in [-0.25, -0.2) is 0 Å². The van der Waals surface area contributed by atoms with Gasteiger partial charge in [0.15, 0.2) is 0 Å². The molecule has 3 atom stereocenters. The first-order valence-corrected chi connectivity index (χ1v) is 7.87. The van der Waals surface area contributed by atoms with Gasteiger partial charge in [-0.2, -0.15) is 0 Å². The van der Waals surface area contributed by atoms with Gasteiger partial charge in [0.1, 0.15) is 18.5 Å². The zero-order chi connectivity index (χ0) is 15.1. The van der Waals surface area contributed by atoms with Crippen molar-refractivity contribution in [1.82, 2.24) is 5.32 Å². The summed E-state index contributed by atoms with van der Waals surface area (Å²) in [6, 6.07) is 8.49. The molecule has 0 aliphatic heterocycles. The van der Waals surface area contributed by atoms with Gasteiger partial charge in [0.2, 0.25) is 0 Å². The van der Waals surface area contributed by atoms with Crippen LogP contribution in [0.1, 0.15) is 31.7 Å². The second-order valence-corrected chi connectivity index (χ2v) is 5.74. The molecule has 0 bridgehead atoms. The number of aliphatic hydroxyl groups is 1. The van der Waals surface area contributed by atoms with Crippen LogP contribution in [0.15, 0.2) is 24.3 Å². The van der Waals surface area contributed by atoms with Crippen molar-refractivity contribution in [3.8, 4) is 5.75 Å². The van der Waals surface area contributed by atoms with Gasteiger partial charge < -0.3 is 19.9 Å². The van der Waals surface area contributed by atoms with Crippen LogP contribution in [0.25, 0.3) is 0 Å². The quantitative estimate of drug-likeness (QED) is 0.771. The highest BCUT2D eigenvalue weighted by Gasteiger charge is 2.24. The largest absolute Gasteiger partial charge is 0.491 e. The molecule has 0 aromatic heterocycles. The van der Waals surface area contributed by atoms with E-state index in [1.807, 2.05) is 12.1 Å². The summed E-state index contributed by atoms with van der Waals surface area (Å²) in [4.78, 5) is 0. The molecule has 4 heteroatoms. The van der Waals surface area contributed by atoms with Gasteiger partial charge in [-0.05, 0) is 43.4 Å². The lowest BCUT2D eigenvalue weighted by Gasteiger charge is -2.17. The number of aliphatic hydroxyl groups excluding tert-OH is 1. The second-order valence-electron chi connectivity index (χ2n) is 5.74. The van der Waals surface area contributed by atoms with Crippen LogP contribution in [0.4, 0.5) is 0 Å². The number of ether oxygens (including phenoxy) is 2. The third kappa shape index (κ3) is 5.30. The molecular formula is C17H27NO3. The fraction of sp³-hybridized carbons (Fsp3) is 0.647. The van der Waals surface area contributed by atoms with Crippen LogP contribution in [0.5, 0.6) is 5.75 Å². The molecule has 0 saturated heterocycles. The lowest BCUT2D eigenvalue weighted by atomic mass is 10.2. The minimum Gasteiger partial charge on any atom is -0.491 e. The molecule has 2 rings (SSSR count). The zero-order valence-electron chi connectivity index (χ0n) is 13.0. The van der Waals surface area contributed by atoms with Crippen LogP contribution in [0.3, 0.4) is 0 Å². The van der Waals surface area contributed by atoms with E-state index in [2.05, 4.69) is 24.4 Å². The zero-order valence-corrected chi connectivity index (χ0v) is 13.0. The molecule has 118 valence electrons. The van der Waals surface area contributed by atoms with Gasteiger partial charge >= 0.3 is 0 Å². The Morgan fingerprint density at radius 1 is 1.29 bits per heavy atom. The number of benzene rings is 1. The first kappa shape index (κ1) is 16.3. The fourth-order valence-corrected chi connectivity index (χ4v) is 2.72. The second kappa shape index (κ2) is 8.37. The van der Waals surface area contributed by atoms with Crippen molar-refractivity contribution in [3.05, 3.63) is 29.8 Å². The molecule has 1 aromatic rings. The maximum Gasteiger partial charge on any atom is 0.119 e. The topological polar surface area (TPSA) is 50.7 Å². The van der Waals surface area contributed by atoms with Crippen molar-refractivity contribution < 1.29 is 14.6 Å². The van der Waals surface area contributed by atoms with Crippen LogP contribution in [0, 0.1) is 0 Å². The third-order valence-electron chi connectivity index (χ3n) is 4.13. The maximum absolute atomic E-state index is 9.98. The maximum atomic E-state index is 9.98. The van der Waals surface area contributed by atoms with Gasteiger partial charge in [-0.1, -0.05) is 19.1 Å². The van der Waals surface area contributed by atoms with E-state index < -0.39 is 6.10 Å². The molecule has 1 aliphatic carbocycles. The molecule has 4 nitrogen and oxygen atoms in total. The summed E-state index contributed by atoms with van der Waals surface area (Å²) in [6.07, 6.45) is 4.15.